The van der Waals surface area contributed by atoms with Crippen molar-refractivity contribution >= 4 is 11.6 Å². The van der Waals surface area contributed by atoms with E-state index in [1.54, 1.807) is 0 Å². The van der Waals surface area contributed by atoms with Crippen LogP contribution >= 0.6 is 11.6 Å². The maximum absolute atomic E-state index is 6.11. The minimum Gasteiger partial charge on any atom is -0.330 e. The van der Waals surface area contributed by atoms with E-state index >= 15 is 0 Å². The molecular formula is C16H16ClN. The molecule has 0 spiro atoms. The first-order valence-corrected chi connectivity index (χ1v) is 6.64. The van der Waals surface area contributed by atoms with Gasteiger partial charge in [0.1, 0.15) is 0 Å². The van der Waals surface area contributed by atoms with Crippen LogP contribution in [0.2, 0.25) is 5.02 Å². The van der Waals surface area contributed by atoms with Crippen LogP contribution < -0.4 is 5.73 Å². The molecule has 0 aliphatic heterocycles. The summed E-state index contributed by atoms with van der Waals surface area (Å²) in [6.07, 6.45) is 2.03. The van der Waals surface area contributed by atoms with Gasteiger partial charge in [0.2, 0.25) is 0 Å². The van der Waals surface area contributed by atoms with Crippen molar-refractivity contribution in [2.75, 3.05) is 6.54 Å². The van der Waals surface area contributed by atoms with Crippen LogP contribution in [0.25, 0.3) is 0 Å². The van der Waals surface area contributed by atoms with E-state index in [0.29, 0.717) is 6.54 Å². The van der Waals surface area contributed by atoms with Crippen molar-refractivity contribution in [2.45, 2.75) is 18.3 Å². The third-order valence-electron chi connectivity index (χ3n) is 4.00. The Labute approximate surface area is 113 Å². The molecule has 0 amide bonds. The van der Waals surface area contributed by atoms with Crippen molar-refractivity contribution in [3.63, 3.8) is 0 Å². The summed E-state index contributed by atoms with van der Waals surface area (Å²) in [5, 5.41) is 0.788. The molecule has 0 unspecified atom stereocenters. The second-order valence-electron chi connectivity index (χ2n) is 5.12. The Morgan fingerprint density at radius 2 is 1.67 bits per heavy atom. The molecule has 1 aliphatic rings. The Morgan fingerprint density at radius 3 is 2.22 bits per heavy atom. The molecule has 0 atom stereocenters. The molecule has 0 bridgehead atoms. The van der Waals surface area contributed by atoms with Gasteiger partial charge in [-0.15, -0.1) is 0 Å². The van der Waals surface area contributed by atoms with E-state index in [1.807, 2.05) is 12.1 Å². The smallest absolute Gasteiger partial charge is 0.0408 e. The van der Waals surface area contributed by atoms with Gasteiger partial charge in [0.15, 0.2) is 0 Å². The molecule has 1 nitrogen and oxygen atoms in total. The Balaban J connectivity index is 2.04. The van der Waals surface area contributed by atoms with E-state index in [2.05, 4.69) is 36.4 Å². The van der Waals surface area contributed by atoms with Crippen LogP contribution in [0.15, 0.2) is 48.5 Å². The summed E-state index contributed by atoms with van der Waals surface area (Å²) in [7, 11) is 0. The van der Waals surface area contributed by atoms with Gasteiger partial charge in [-0.05, 0) is 41.7 Å². The monoisotopic (exact) mass is 257 g/mol. The molecule has 92 valence electrons. The first-order chi connectivity index (χ1) is 8.73. The first-order valence-electron chi connectivity index (χ1n) is 6.26. The number of benzene rings is 2. The number of hydrogen-bond donors (Lipinski definition) is 1. The van der Waals surface area contributed by atoms with Crippen LogP contribution in [-0.2, 0) is 18.3 Å². The molecular weight excluding hydrogens is 242 g/mol. The average Bonchev–Trinajstić information content (AvgIpc) is 2.78. The van der Waals surface area contributed by atoms with E-state index in [1.165, 1.54) is 16.7 Å². The number of fused-ring (bicyclic) bond motifs is 1. The number of halogens is 1. The molecule has 2 heteroatoms. The van der Waals surface area contributed by atoms with Crippen molar-refractivity contribution in [3.8, 4) is 0 Å². The zero-order chi connectivity index (χ0) is 12.6. The van der Waals surface area contributed by atoms with Crippen LogP contribution in [-0.4, -0.2) is 6.54 Å². The topological polar surface area (TPSA) is 26.0 Å². The Morgan fingerprint density at radius 1 is 1.00 bits per heavy atom. The highest BCUT2D eigenvalue weighted by Crippen LogP contribution is 2.39. The van der Waals surface area contributed by atoms with Crippen molar-refractivity contribution in [1.29, 1.82) is 0 Å². The number of hydrogen-bond acceptors (Lipinski definition) is 1. The van der Waals surface area contributed by atoms with Crippen molar-refractivity contribution in [2.24, 2.45) is 5.73 Å². The van der Waals surface area contributed by atoms with Gasteiger partial charge >= 0.3 is 0 Å². The maximum Gasteiger partial charge on any atom is 0.0408 e. The standard InChI is InChI=1S/C16H16ClN/c17-15-7-3-6-14(8-15)16(11-18)9-12-4-1-2-5-13(12)10-16/h1-8H,9-11,18H2. The lowest BCUT2D eigenvalue weighted by Crippen LogP contribution is -2.35. The molecule has 0 heterocycles. The average molecular weight is 258 g/mol. The van der Waals surface area contributed by atoms with Gasteiger partial charge in [-0.1, -0.05) is 48.0 Å². The van der Waals surface area contributed by atoms with Crippen LogP contribution in [0.5, 0.6) is 0 Å². The molecule has 3 rings (SSSR count). The van der Waals surface area contributed by atoms with Gasteiger partial charge in [0.05, 0.1) is 0 Å². The van der Waals surface area contributed by atoms with Crippen LogP contribution in [0.3, 0.4) is 0 Å². The molecule has 18 heavy (non-hydrogen) atoms. The zero-order valence-electron chi connectivity index (χ0n) is 10.2. The summed E-state index contributed by atoms with van der Waals surface area (Å²) in [6.45, 7) is 0.655. The lowest BCUT2D eigenvalue weighted by atomic mass is 9.78. The Kier molecular flexibility index (Phi) is 2.89. The van der Waals surface area contributed by atoms with E-state index in [9.17, 15) is 0 Å². The second-order valence-corrected chi connectivity index (χ2v) is 5.55. The molecule has 0 aromatic heterocycles. The lowest BCUT2D eigenvalue weighted by Gasteiger charge is -2.28. The van der Waals surface area contributed by atoms with Gasteiger partial charge < -0.3 is 5.73 Å². The molecule has 2 aromatic carbocycles. The molecule has 0 saturated heterocycles. The summed E-state index contributed by atoms with van der Waals surface area (Å²) in [4.78, 5) is 0. The van der Waals surface area contributed by atoms with Crippen LogP contribution in [0.1, 0.15) is 16.7 Å². The third kappa shape index (κ3) is 1.84. The van der Waals surface area contributed by atoms with Gasteiger partial charge in [-0.25, -0.2) is 0 Å². The van der Waals surface area contributed by atoms with Crippen LogP contribution in [0.4, 0.5) is 0 Å². The fourth-order valence-electron chi connectivity index (χ4n) is 2.98. The summed E-state index contributed by atoms with van der Waals surface area (Å²) in [6, 6.07) is 16.7. The predicted molar refractivity (Wildman–Crippen MR) is 76.0 cm³/mol. The molecule has 0 radical (unpaired) electrons. The lowest BCUT2D eigenvalue weighted by molar-refractivity contribution is 0.463. The maximum atomic E-state index is 6.11. The van der Waals surface area contributed by atoms with Crippen LogP contribution in [0, 0.1) is 0 Å². The van der Waals surface area contributed by atoms with Crippen molar-refractivity contribution in [1.82, 2.24) is 0 Å². The minimum atomic E-state index is 0.0224. The summed E-state index contributed by atoms with van der Waals surface area (Å²) in [5.74, 6) is 0. The van der Waals surface area contributed by atoms with Crippen molar-refractivity contribution < 1.29 is 0 Å². The van der Waals surface area contributed by atoms with E-state index in [0.717, 1.165) is 17.9 Å². The molecule has 0 saturated carbocycles. The van der Waals surface area contributed by atoms with Gasteiger partial charge in [-0.2, -0.15) is 0 Å². The Bertz CT molecular complexity index is 552. The highest BCUT2D eigenvalue weighted by Gasteiger charge is 2.37. The van der Waals surface area contributed by atoms with E-state index in [4.69, 9.17) is 17.3 Å². The number of nitrogens with two attached hydrogens (primary N) is 1. The summed E-state index contributed by atoms with van der Waals surface area (Å²) in [5.41, 5.74) is 10.2. The normalized spacial score (nSPS) is 16.6. The van der Waals surface area contributed by atoms with Gasteiger partial charge in [-0.3, -0.25) is 0 Å². The minimum absolute atomic E-state index is 0.0224. The predicted octanol–water partition coefficient (Wildman–Crippen LogP) is 3.34. The van der Waals surface area contributed by atoms with Crippen molar-refractivity contribution in [3.05, 3.63) is 70.2 Å². The molecule has 1 aliphatic carbocycles. The SMILES string of the molecule is NCC1(c2cccc(Cl)c2)Cc2ccccc2C1. The molecule has 2 aromatic rings. The van der Waals surface area contributed by atoms with Gasteiger partial charge in [0, 0.05) is 17.0 Å². The fraction of sp³-hybridized carbons (Fsp3) is 0.250. The second kappa shape index (κ2) is 4.42. The molecule has 2 N–H and O–H groups in total. The highest BCUT2D eigenvalue weighted by atomic mass is 35.5. The first kappa shape index (κ1) is 11.8. The van der Waals surface area contributed by atoms with Gasteiger partial charge in [0.25, 0.3) is 0 Å². The quantitative estimate of drug-likeness (QED) is 0.878. The molecule has 0 fully saturated rings. The van der Waals surface area contributed by atoms with E-state index < -0.39 is 0 Å². The van der Waals surface area contributed by atoms with E-state index in [-0.39, 0.29) is 5.41 Å². The highest BCUT2D eigenvalue weighted by molar-refractivity contribution is 6.30. The number of rotatable bonds is 2. The zero-order valence-corrected chi connectivity index (χ0v) is 11.0. The third-order valence-corrected chi connectivity index (χ3v) is 4.24. The Hall–Kier alpha value is -1.31. The largest absolute Gasteiger partial charge is 0.330 e. The fourth-order valence-corrected chi connectivity index (χ4v) is 3.17. The summed E-state index contributed by atoms with van der Waals surface area (Å²) < 4.78 is 0. The summed E-state index contributed by atoms with van der Waals surface area (Å²) >= 11 is 6.11.